The molecule has 0 bridgehead atoms. The summed E-state index contributed by atoms with van der Waals surface area (Å²) in [6.07, 6.45) is 0.942. The van der Waals surface area contributed by atoms with Crippen LogP contribution in [0.1, 0.15) is 12.0 Å². The first-order valence-electron chi connectivity index (χ1n) is 7.47. The van der Waals surface area contributed by atoms with Crippen LogP contribution >= 0.6 is 11.3 Å². The molecule has 1 aliphatic rings. The molecule has 25 heavy (non-hydrogen) atoms. The molecule has 0 fully saturated rings. The highest BCUT2D eigenvalue weighted by Crippen LogP contribution is 2.30. The number of carbonyl (C=O) groups is 1. The Balaban J connectivity index is 1.77. The van der Waals surface area contributed by atoms with Gasteiger partial charge in [0.15, 0.2) is 0 Å². The van der Waals surface area contributed by atoms with Gasteiger partial charge in [-0.15, -0.1) is 11.3 Å². The zero-order valence-electron chi connectivity index (χ0n) is 12.8. The van der Waals surface area contributed by atoms with Crippen LogP contribution in [-0.4, -0.2) is 32.7 Å². The molecule has 1 atom stereocenters. The van der Waals surface area contributed by atoms with Crippen LogP contribution in [0.15, 0.2) is 53.1 Å². The minimum absolute atomic E-state index is 0.169. The average molecular weight is 357 g/mol. The number of halogens is 1. The minimum Gasteiger partial charge on any atom is -0.478 e. The molecule has 1 aliphatic heterocycles. The maximum Gasteiger partial charge on any atom is 0.348 e. The van der Waals surface area contributed by atoms with Crippen LogP contribution in [0.3, 0.4) is 0 Å². The van der Waals surface area contributed by atoms with Crippen molar-refractivity contribution in [1.29, 1.82) is 0 Å². The maximum atomic E-state index is 13.2. The van der Waals surface area contributed by atoms with E-state index >= 15 is 0 Å². The highest BCUT2D eigenvalue weighted by molar-refractivity contribution is 7.13. The van der Waals surface area contributed by atoms with Crippen molar-refractivity contribution in [2.45, 2.75) is 12.5 Å². The predicted octanol–water partition coefficient (Wildman–Crippen LogP) is 3.32. The van der Waals surface area contributed by atoms with Gasteiger partial charge < -0.3 is 9.94 Å². The van der Waals surface area contributed by atoms with Gasteiger partial charge in [-0.05, 0) is 35.7 Å². The van der Waals surface area contributed by atoms with Gasteiger partial charge in [-0.1, -0.05) is 11.2 Å². The molecular formula is C17H12FN3O3S. The summed E-state index contributed by atoms with van der Waals surface area (Å²) in [6, 6.07) is 9.80. The number of carboxylic acid groups (broad SMARTS) is 1. The maximum absolute atomic E-state index is 13.2. The van der Waals surface area contributed by atoms with Crippen molar-refractivity contribution < 1.29 is 19.1 Å². The van der Waals surface area contributed by atoms with E-state index in [9.17, 15) is 9.18 Å². The fourth-order valence-corrected chi connectivity index (χ4v) is 3.30. The molecule has 0 spiro atoms. The van der Waals surface area contributed by atoms with E-state index < -0.39 is 12.1 Å². The Morgan fingerprint density at radius 1 is 1.32 bits per heavy atom. The second kappa shape index (κ2) is 6.14. The number of rotatable bonds is 4. The Bertz CT molecular complexity index is 948. The summed E-state index contributed by atoms with van der Waals surface area (Å²) < 4.78 is 14.8. The van der Waals surface area contributed by atoms with Gasteiger partial charge in [0, 0.05) is 18.2 Å². The molecule has 4 rings (SSSR count). The third kappa shape index (κ3) is 2.91. The second-order valence-electron chi connectivity index (χ2n) is 5.46. The molecule has 1 unspecified atom stereocenters. The zero-order valence-corrected chi connectivity index (χ0v) is 13.6. The highest BCUT2D eigenvalue weighted by Gasteiger charge is 2.31. The molecule has 0 saturated carbocycles. The standard InChI is InChI=1S/C17H12FN3O3S/c18-10-3-5-11(6-4-10)21-9-12(13-8-14(17(22)23)24-20-13)16(19-21)15-2-1-7-25-15/h1-7,9,14H,8H2,(H,22,23). The zero-order chi connectivity index (χ0) is 17.4. The van der Waals surface area contributed by atoms with Crippen molar-refractivity contribution in [2.75, 3.05) is 0 Å². The molecule has 3 heterocycles. The molecule has 1 aromatic carbocycles. The van der Waals surface area contributed by atoms with Crippen LogP contribution < -0.4 is 0 Å². The Hall–Kier alpha value is -3.00. The molecule has 1 N–H and O–H groups in total. The van der Waals surface area contributed by atoms with Gasteiger partial charge in [0.2, 0.25) is 6.10 Å². The monoisotopic (exact) mass is 357 g/mol. The number of aromatic nitrogens is 2. The number of aliphatic carboxylic acids is 1. The molecule has 3 aromatic rings. The SMILES string of the molecule is O=C(O)C1CC(c2cn(-c3ccc(F)cc3)nc2-c2cccs2)=NO1. The van der Waals surface area contributed by atoms with Crippen LogP contribution in [0.2, 0.25) is 0 Å². The van der Waals surface area contributed by atoms with E-state index in [0.29, 0.717) is 22.7 Å². The lowest BCUT2D eigenvalue weighted by Crippen LogP contribution is -2.19. The summed E-state index contributed by atoms with van der Waals surface area (Å²) in [5.41, 5.74) is 2.62. The largest absolute Gasteiger partial charge is 0.478 e. The Kier molecular flexibility index (Phi) is 3.81. The smallest absolute Gasteiger partial charge is 0.348 e. The van der Waals surface area contributed by atoms with Gasteiger partial charge >= 0.3 is 5.97 Å². The average Bonchev–Trinajstić information content (AvgIpc) is 3.34. The molecule has 126 valence electrons. The summed E-state index contributed by atoms with van der Waals surface area (Å²) in [5.74, 6) is -1.38. The fraction of sp³-hybridized carbons (Fsp3) is 0.118. The molecule has 0 aliphatic carbocycles. The van der Waals surface area contributed by atoms with Gasteiger partial charge in [-0.2, -0.15) is 5.10 Å². The topological polar surface area (TPSA) is 76.7 Å². The van der Waals surface area contributed by atoms with Crippen LogP contribution in [0.25, 0.3) is 16.3 Å². The lowest BCUT2D eigenvalue weighted by Gasteiger charge is -2.00. The Morgan fingerprint density at radius 2 is 2.12 bits per heavy atom. The summed E-state index contributed by atoms with van der Waals surface area (Å²) in [7, 11) is 0. The van der Waals surface area contributed by atoms with E-state index in [0.717, 1.165) is 4.88 Å². The summed E-state index contributed by atoms with van der Waals surface area (Å²) >= 11 is 1.52. The predicted molar refractivity (Wildman–Crippen MR) is 90.5 cm³/mol. The first-order valence-corrected chi connectivity index (χ1v) is 8.35. The number of carboxylic acids is 1. The molecule has 0 radical (unpaired) electrons. The van der Waals surface area contributed by atoms with Gasteiger partial charge in [0.05, 0.1) is 16.3 Å². The van der Waals surface area contributed by atoms with E-state index in [1.54, 1.807) is 23.0 Å². The van der Waals surface area contributed by atoms with E-state index in [2.05, 4.69) is 10.3 Å². The normalized spacial score (nSPS) is 16.5. The van der Waals surface area contributed by atoms with Crippen molar-refractivity contribution in [3.63, 3.8) is 0 Å². The lowest BCUT2D eigenvalue weighted by atomic mass is 10.1. The summed E-state index contributed by atoms with van der Waals surface area (Å²) in [5, 5.41) is 19.5. The van der Waals surface area contributed by atoms with Crippen LogP contribution in [0, 0.1) is 5.82 Å². The molecule has 2 aromatic heterocycles. The fourth-order valence-electron chi connectivity index (χ4n) is 2.58. The summed E-state index contributed by atoms with van der Waals surface area (Å²) in [6.45, 7) is 0. The van der Waals surface area contributed by atoms with Gasteiger partial charge in [-0.25, -0.2) is 13.9 Å². The molecule has 6 nitrogen and oxygen atoms in total. The Morgan fingerprint density at radius 3 is 2.76 bits per heavy atom. The van der Waals surface area contributed by atoms with Crippen molar-refractivity contribution in [1.82, 2.24) is 9.78 Å². The van der Waals surface area contributed by atoms with Crippen molar-refractivity contribution in [2.24, 2.45) is 5.16 Å². The second-order valence-corrected chi connectivity index (χ2v) is 6.41. The van der Waals surface area contributed by atoms with Crippen LogP contribution in [0.5, 0.6) is 0 Å². The molecular weight excluding hydrogens is 345 g/mol. The van der Waals surface area contributed by atoms with E-state index in [-0.39, 0.29) is 12.2 Å². The summed E-state index contributed by atoms with van der Waals surface area (Å²) in [4.78, 5) is 17.0. The highest BCUT2D eigenvalue weighted by atomic mass is 32.1. The van der Waals surface area contributed by atoms with Crippen LogP contribution in [0.4, 0.5) is 4.39 Å². The van der Waals surface area contributed by atoms with Gasteiger partial charge in [-0.3, -0.25) is 0 Å². The van der Waals surface area contributed by atoms with Gasteiger partial charge in [0.1, 0.15) is 11.5 Å². The molecule has 0 amide bonds. The third-order valence-corrected chi connectivity index (χ3v) is 4.69. The minimum atomic E-state index is -1.05. The number of oxime groups is 1. The molecule has 0 saturated heterocycles. The number of nitrogens with zero attached hydrogens (tertiary/aromatic N) is 3. The van der Waals surface area contributed by atoms with E-state index in [1.807, 2.05) is 17.5 Å². The van der Waals surface area contributed by atoms with Crippen molar-refractivity contribution in [3.8, 4) is 16.3 Å². The lowest BCUT2D eigenvalue weighted by molar-refractivity contribution is -0.148. The number of thiophene rings is 1. The first-order chi connectivity index (χ1) is 12.1. The number of benzene rings is 1. The van der Waals surface area contributed by atoms with Crippen molar-refractivity contribution in [3.05, 3.63) is 59.4 Å². The quantitative estimate of drug-likeness (QED) is 0.777. The molecule has 8 heteroatoms. The van der Waals surface area contributed by atoms with E-state index in [1.165, 1.54) is 23.5 Å². The number of hydrogen-bond acceptors (Lipinski definition) is 5. The first kappa shape index (κ1) is 15.5. The van der Waals surface area contributed by atoms with Crippen molar-refractivity contribution >= 4 is 23.0 Å². The van der Waals surface area contributed by atoms with E-state index in [4.69, 9.17) is 9.94 Å². The Labute approximate surface area is 145 Å². The van der Waals surface area contributed by atoms with Gasteiger partial charge in [0.25, 0.3) is 0 Å². The third-order valence-electron chi connectivity index (χ3n) is 3.82. The number of hydrogen-bond donors (Lipinski definition) is 1. The van der Waals surface area contributed by atoms with Crippen LogP contribution in [-0.2, 0) is 9.63 Å².